The third kappa shape index (κ3) is 3.76. The van der Waals surface area contributed by atoms with Crippen LogP contribution in [0.4, 0.5) is 4.39 Å². The first-order valence-corrected chi connectivity index (χ1v) is 6.29. The van der Waals surface area contributed by atoms with Crippen LogP contribution >= 0.6 is 0 Å². The first kappa shape index (κ1) is 13.5. The van der Waals surface area contributed by atoms with Gasteiger partial charge in [0.2, 0.25) is 5.88 Å². The molecule has 3 nitrogen and oxygen atoms in total. The molecule has 2 aromatic rings. The van der Waals surface area contributed by atoms with Gasteiger partial charge >= 0.3 is 0 Å². The Morgan fingerprint density at radius 1 is 1.26 bits per heavy atom. The van der Waals surface area contributed by atoms with Crippen molar-refractivity contribution in [2.75, 3.05) is 6.54 Å². The number of rotatable bonds is 5. The van der Waals surface area contributed by atoms with Crippen LogP contribution in [0.25, 0.3) is 0 Å². The van der Waals surface area contributed by atoms with Crippen LogP contribution in [-0.4, -0.2) is 11.5 Å². The van der Waals surface area contributed by atoms with Gasteiger partial charge in [-0.15, -0.1) is 0 Å². The number of aromatic nitrogens is 1. The Labute approximate surface area is 112 Å². The average molecular weight is 260 g/mol. The van der Waals surface area contributed by atoms with Gasteiger partial charge in [0.25, 0.3) is 0 Å². The third-order valence-electron chi connectivity index (χ3n) is 2.70. The molecule has 0 fully saturated rings. The number of aryl methyl sites for hydroxylation is 1. The minimum absolute atomic E-state index is 0.315. The van der Waals surface area contributed by atoms with Crippen LogP contribution in [0.1, 0.15) is 18.2 Å². The molecular formula is C15H17FN2O. The smallest absolute Gasteiger partial charge is 0.219 e. The summed E-state index contributed by atoms with van der Waals surface area (Å²) in [5.41, 5.74) is 1.77. The Kier molecular flexibility index (Phi) is 4.47. The van der Waals surface area contributed by atoms with Gasteiger partial charge in [-0.2, -0.15) is 0 Å². The summed E-state index contributed by atoms with van der Waals surface area (Å²) in [5, 5.41) is 3.20. The third-order valence-corrected chi connectivity index (χ3v) is 2.70. The van der Waals surface area contributed by atoms with Crippen molar-refractivity contribution in [3.05, 3.63) is 53.5 Å². The fourth-order valence-electron chi connectivity index (χ4n) is 1.66. The summed E-state index contributed by atoms with van der Waals surface area (Å²) in [5.74, 6) is 0.654. The molecule has 19 heavy (non-hydrogen) atoms. The Morgan fingerprint density at radius 3 is 2.89 bits per heavy atom. The van der Waals surface area contributed by atoms with Gasteiger partial charge in [-0.25, -0.2) is 9.37 Å². The molecule has 1 N–H and O–H groups in total. The first-order chi connectivity index (χ1) is 9.19. The lowest BCUT2D eigenvalue weighted by Crippen LogP contribution is -2.12. The molecule has 2 rings (SSSR count). The average Bonchev–Trinajstić information content (AvgIpc) is 2.41. The Hall–Kier alpha value is -1.94. The molecule has 4 heteroatoms. The van der Waals surface area contributed by atoms with E-state index in [1.807, 2.05) is 26.0 Å². The lowest BCUT2D eigenvalue weighted by molar-refractivity contribution is 0.451. The van der Waals surface area contributed by atoms with E-state index in [2.05, 4.69) is 10.3 Å². The highest BCUT2D eigenvalue weighted by Gasteiger charge is 2.05. The predicted octanol–water partition coefficient (Wildman–Crippen LogP) is 3.43. The summed E-state index contributed by atoms with van der Waals surface area (Å²) < 4.78 is 18.8. The van der Waals surface area contributed by atoms with E-state index in [-0.39, 0.29) is 5.82 Å². The molecule has 0 unspecified atom stereocenters. The molecule has 0 aliphatic carbocycles. The zero-order valence-electron chi connectivity index (χ0n) is 11.1. The normalized spacial score (nSPS) is 10.5. The van der Waals surface area contributed by atoms with Gasteiger partial charge < -0.3 is 10.1 Å². The largest absolute Gasteiger partial charge is 0.439 e. The van der Waals surface area contributed by atoms with Gasteiger partial charge in [0, 0.05) is 18.7 Å². The summed E-state index contributed by atoms with van der Waals surface area (Å²) >= 11 is 0. The van der Waals surface area contributed by atoms with Crippen molar-refractivity contribution in [3.8, 4) is 11.6 Å². The molecule has 0 aliphatic rings. The lowest BCUT2D eigenvalue weighted by Gasteiger charge is -2.09. The maximum atomic E-state index is 13.2. The molecule has 0 radical (unpaired) electrons. The van der Waals surface area contributed by atoms with E-state index in [4.69, 9.17) is 4.74 Å². The standard InChI is InChI=1S/C15H17FN2O/c1-3-17-10-13-5-4-6-15(18-13)19-14-9-12(16)8-7-11(14)2/h4-9,17H,3,10H2,1-2H3. The minimum Gasteiger partial charge on any atom is -0.439 e. The maximum Gasteiger partial charge on any atom is 0.219 e. The Balaban J connectivity index is 2.16. The highest BCUT2D eigenvalue weighted by molar-refractivity contribution is 5.35. The molecule has 1 aromatic carbocycles. The van der Waals surface area contributed by atoms with Crippen molar-refractivity contribution >= 4 is 0 Å². The maximum absolute atomic E-state index is 13.2. The van der Waals surface area contributed by atoms with E-state index in [0.717, 1.165) is 17.8 Å². The van der Waals surface area contributed by atoms with Crippen molar-refractivity contribution in [1.29, 1.82) is 0 Å². The van der Waals surface area contributed by atoms with Crippen molar-refractivity contribution in [3.63, 3.8) is 0 Å². The fourth-order valence-corrected chi connectivity index (χ4v) is 1.66. The monoisotopic (exact) mass is 260 g/mol. The summed E-state index contributed by atoms with van der Waals surface area (Å²) in [7, 11) is 0. The second-order valence-corrected chi connectivity index (χ2v) is 4.26. The van der Waals surface area contributed by atoms with Crippen LogP contribution in [0.3, 0.4) is 0 Å². The zero-order valence-corrected chi connectivity index (χ0v) is 11.1. The number of ether oxygens (including phenoxy) is 1. The number of hydrogen-bond acceptors (Lipinski definition) is 3. The van der Waals surface area contributed by atoms with Gasteiger partial charge in [0.15, 0.2) is 0 Å². The number of hydrogen-bond donors (Lipinski definition) is 1. The molecular weight excluding hydrogens is 243 g/mol. The quantitative estimate of drug-likeness (QED) is 0.894. The van der Waals surface area contributed by atoms with Gasteiger partial charge in [-0.3, -0.25) is 0 Å². The second-order valence-electron chi connectivity index (χ2n) is 4.26. The summed E-state index contributed by atoms with van der Waals surface area (Å²) in [6.07, 6.45) is 0. The van der Waals surface area contributed by atoms with Gasteiger partial charge in [0.1, 0.15) is 11.6 Å². The second kappa shape index (κ2) is 6.29. The number of halogens is 1. The predicted molar refractivity (Wildman–Crippen MR) is 72.8 cm³/mol. The zero-order chi connectivity index (χ0) is 13.7. The Morgan fingerprint density at radius 2 is 2.11 bits per heavy atom. The highest BCUT2D eigenvalue weighted by Crippen LogP contribution is 2.24. The minimum atomic E-state index is -0.315. The highest BCUT2D eigenvalue weighted by atomic mass is 19.1. The van der Waals surface area contributed by atoms with Crippen molar-refractivity contribution < 1.29 is 9.13 Å². The molecule has 0 bridgehead atoms. The number of nitrogens with one attached hydrogen (secondary N) is 1. The number of benzene rings is 1. The van der Waals surface area contributed by atoms with Gasteiger partial charge in [-0.05, 0) is 31.2 Å². The summed E-state index contributed by atoms with van der Waals surface area (Å²) in [4.78, 5) is 4.37. The fraction of sp³-hybridized carbons (Fsp3) is 0.267. The molecule has 0 atom stereocenters. The van der Waals surface area contributed by atoms with Crippen LogP contribution in [0.15, 0.2) is 36.4 Å². The van der Waals surface area contributed by atoms with E-state index in [1.54, 1.807) is 12.1 Å². The van der Waals surface area contributed by atoms with Crippen LogP contribution in [-0.2, 0) is 6.54 Å². The molecule has 0 spiro atoms. The summed E-state index contributed by atoms with van der Waals surface area (Å²) in [6, 6.07) is 10.0. The lowest BCUT2D eigenvalue weighted by atomic mass is 10.2. The molecule has 0 amide bonds. The van der Waals surface area contributed by atoms with Crippen molar-refractivity contribution in [2.45, 2.75) is 20.4 Å². The van der Waals surface area contributed by atoms with E-state index in [9.17, 15) is 4.39 Å². The molecule has 0 saturated heterocycles. The summed E-state index contributed by atoms with van der Waals surface area (Å²) in [6.45, 7) is 5.49. The SMILES string of the molecule is CCNCc1cccc(Oc2cc(F)ccc2C)n1. The van der Waals surface area contributed by atoms with Crippen molar-refractivity contribution in [2.24, 2.45) is 0 Å². The molecule has 1 heterocycles. The molecule has 0 aliphatic heterocycles. The molecule has 100 valence electrons. The first-order valence-electron chi connectivity index (χ1n) is 6.29. The van der Waals surface area contributed by atoms with Crippen LogP contribution in [0.2, 0.25) is 0 Å². The van der Waals surface area contributed by atoms with E-state index >= 15 is 0 Å². The Bertz CT molecular complexity index is 558. The van der Waals surface area contributed by atoms with E-state index in [0.29, 0.717) is 18.2 Å². The van der Waals surface area contributed by atoms with E-state index in [1.165, 1.54) is 12.1 Å². The van der Waals surface area contributed by atoms with Gasteiger partial charge in [-0.1, -0.05) is 19.1 Å². The van der Waals surface area contributed by atoms with Gasteiger partial charge in [0.05, 0.1) is 5.69 Å². The van der Waals surface area contributed by atoms with Crippen LogP contribution in [0, 0.1) is 12.7 Å². The number of pyridine rings is 1. The van der Waals surface area contributed by atoms with E-state index < -0.39 is 0 Å². The number of nitrogens with zero attached hydrogens (tertiary/aromatic N) is 1. The topological polar surface area (TPSA) is 34.1 Å². The van der Waals surface area contributed by atoms with Crippen LogP contribution < -0.4 is 10.1 Å². The molecule has 0 saturated carbocycles. The van der Waals surface area contributed by atoms with Crippen molar-refractivity contribution in [1.82, 2.24) is 10.3 Å². The molecule has 1 aromatic heterocycles. The van der Waals surface area contributed by atoms with Crippen LogP contribution in [0.5, 0.6) is 11.6 Å².